The summed E-state index contributed by atoms with van der Waals surface area (Å²) in [4.78, 5) is 2.42. The maximum absolute atomic E-state index is 12.0. The summed E-state index contributed by atoms with van der Waals surface area (Å²) in [5, 5.41) is 0. The lowest BCUT2D eigenvalue weighted by Crippen LogP contribution is -2.47. The third kappa shape index (κ3) is 4.37. The summed E-state index contributed by atoms with van der Waals surface area (Å²) in [6, 6.07) is 0.541. The molecule has 18 heavy (non-hydrogen) atoms. The van der Waals surface area contributed by atoms with Crippen molar-refractivity contribution in [1.29, 1.82) is 0 Å². The van der Waals surface area contributed by atoms with E-state index >= 15 is 0 Å². The van der Waals surface area contributed by atoms with Crippen molar-refractivity contribution in [3.63, 3.8) is 0 Å². The lowest BCUT2D eigenvalue weighted by molar-refractivity contribution is 0.152. The fourth-order valence-corrected chi connectivity index (χ4v) is 4.42. The first-order valence-electron chi connectivity index (χ1n) is 6.83. The first-order chi connectivity index (χ1) is 8.55. The van der Waals surface area contributed by atoms with Gasteiger partial charge in [0.1, 0.15) is 0 Å². The van der Waals surface area contributed by atoms with E-state index in [4.69, 9.17) is 11.6 Å². The second-order valence-corrected chi connectivity index (χ2v) is 7.18. The van der Waals surface area contributed by atoms with Gasteiger partial charge in [-0.15, -0.1) is 11.6 Å². The van der Waals surface area contributed by atoms with Gasteiger partial charge in [-0.05, 0) is 32.4 Å². The Hall–Kier alpha value is 0.160. The van der Waals surface area contributed by atoms with Crippen molar-refractivity contribution in [2.75, 3.05) is 37.8 Å². The maximum atomic E-state index is 12.0. The molecule has 1 rings (SSSR count). The van der Waals surface area contributed by atoms with E-state index in [9.17, 15) is 8.42 Å². The van der Waals surface area contributed by atoms with Crippen molar-refractivity contribution in [3.8, 4) is 0 Å². The lowest BCUT2D eigenvalue weighted by atomic mass is 10.1. The van der Waals surface area contributed by atoms with E-state index < -0.39 is 10.0 Å². The molecule has 0 bridgehead atoms. The molecule has 6 heteroatoms. The molecule has 0 amide bonds. The Morgan fingerprint density at radius 3 is 2.22 bits per heavy atom. The Kier molecular flexibility index (Phi) is 6.92. The van der Waals surface area contributed by atoms with Crippen LogP contribution in [0.5, 0.6) is 0 Å². The van der Waals surface area contributed by atoms with Gasteiger partial charge in [0.2, 0.25) is 10.0 Å². The second kappa shape index (κ2) is 7.68. The van der Waals surface area contributed by atoms with E-state index in [1.54, 1.807) is 4.31 Å². The number of halogens is 1. The van der Waals surface area contributed by atoms with Gasteiger partial charge in [-0.25, -0.2) is 12.7 Å². The summed E-state index contributed by atoms with van der Waals surface area (Å²) in [6.45, 7) is 7.72. The van der Waals surface area contributed by atoms with Crippen molar-refractivity contribution in [1.82, 2.24) is 9.21 Å². The topological polar surface area (TPSA) is 40.6 Å². The quantitative estimate of drug-likeness (QED) is 0.672. The van der Waals surface area contributed by atoms with Crippen LogP contribution in [0.2, 0.25) is 0 Å². The van der Waals surface area contributed by atoms with Gasteiger partial charge < -0.3 is 4.90 Å². The molecule has 0 radical (unpaired) electrons. The van der Waals surface area contributed by atoms with Crippen molar-refractivity contribution in [3.05, 3.63) is 0 Å². The Bertz CT molecular complexity index is 323. The zero-order valence-corrected chi connectivity index (χ0v) is 13.0. The van der Waals surface area contributed by atoms with E-state index in [0.29, 0.717) is 31.4 Å². The van der Waals surface area contributed by atoms with Gasteiger partial charge in [0, 0.05) is 25.0 Å². The van der Waals surface area contributed by atoms with Crippen LogP contribution in [0, 0.1) is 0 Å². The zero-order valence-electron chi connectivity index (χ0n) is 11.4. The van der Waals surface area contributed by atoms with Gasteiger partial charge in [0.15, 0.2) is 0 Å². The monoisotopic (exact) mass is 296 g/mol. The average molecular weight is 297 g/mol. The minimum Gasteiger partial charge on any atom is -0.301 e. The summed E-state index contributed by atoms with van der Waals surface area (Å²) in [5.74, 6) is 0.599. The lowest BCUT2D eigenvalue weighted by Gasteiger charge is -2.37. The van der Waals surface area contributed by atoms with Crippen LogP contribution in [0.15, 0.2) is 0 Å². The van der Waals surface area contributed by atoms with E-state index in [0.717, 1.165) is 25.9 Å². The van der Waals surface area contributed by atoms with Crippen molar-refractivity contribution in [2.24, 2.45) is 0 Å². The molecular weight excluding hydrogens is 272 g/mol. The van der Waals surface area contributed by atoms with Crippen LogP contribution in [-0.4, -0.2) is 61.5 Å². The third-order valence-corrected chi connectivity index (χ3v) is 5.91. The van der Waals surface area contributed by atoms with Crippen LogP contribution in [0.4, 0.5) is 0 Å². The first kappa shape index (κ1) is 16.2. The molecule has 0 spiro atoms. The average Bonchev–Trinajstić information content (AvgIpc) is 2.38. The number of rotatable bonds is 7. The maximum Gasteiger partial charge on any atom is 0.214 e. The molecule has 0 unspecified atom stereocenters. The molecule has 0 N–H and O–H groups in total. The van der Waals surface area contributed by atoms with Crippen molar-refractivity contribution in [2.45, 2.75) is 39.2 Å². The van der Waals surface area contributed by atoms with Crippen LogP contribution >= 0.6 is 11.6 Å². The number of hydrogen-bond acceptors (Lipinski definition) is 3. The van der Waals surface area contributed by atoms with E-state index in [-0.39, 0.29) is 5.75 Å². The number of nitrogens with zero attached hydrogens (tertiary/aromatic N) is 2. The zero-order chi connectivity index (χ0) is 13.6. The van der Waals surface area contributed by atoms with Crippen LogP contribution in [0.25, 0.3) is 0 Å². The molecule has 108 valence electrons. The molecule has 1 saturated heterocycles. The molecule has 0 aliphatic carbocycles. The number of hydrogen-bond donors (Lipinski definition) is 0. The Balaban J connectivity index is 2.48. The largest absolute Gasteiger partial charge is 0.301 e. The molecule has 1 aliphatic rings. The summed E-state index contributed by atoms with van der Waals surface area (Å²) >= 11 is 5.56. The van der Waals surface area contributed by atoms with Gasteiger partial charge in [0.25, 0.3) is 0 Å². The van der Waals surface area contributed by atoms with Crippen LogP contribution < -0.4 is 0 Å². The highest BCUT2D eigenvalue weighted by Crippen LogP contribution is 2.19. The predicted octanol–water partition coefficient (Wildman–Crippen LogP) is 1.75. The predicted molar refractivity (Wildman–Crippen MR) is 76.6 cm³/mol. The molecule has 4 nitrogen and oxygen atoms in total. The molecule has 0 aromatic rings. The van der Waals surface area contributed by atoms with Crippen LogP contribution in [0.1, 0.15) is 33.1 Å². The summed E-state index contributed by atoms with van der Waals surface area (Å²) in [5.41, 5.74) is 0. The van der Waals surface area contributed by atoms with E-state index in [1.165, 1.54) is 0 Å². The molecule has 0 aromatic heterocycles. The van der Waals surface area contributed by atoms with Gasteiger partial charge in [-0.3, -0.25) is 0 Å². The van der Waals surface area contributed by atoms with Gasteiger partial charge in [-0.1, -0.05) is 13.8 Å². The van der Waals surface area contributed by atoms with Crippen molar-refractivity contribution < 1.29 is 8.42 Å². The normalized spacial score (nSPS) is 19.6. The van der Waals surface area contributed by atoms with Gasteiger partial charge >= 0.3 is 0 Å². The smallest absolute Gasteiger partial charge is 0.214 e. The number of sulfonamides is 1. The minimum absolute atomic E-state index is 0.187. The molecule has 1 heterocycles. The Morgan fingerprint density at radius 1 is 1.22 bits per heavy atom. The molecule has 0 aromatic carbocycles. The summed E-state index contributed by atoms with van der Waals surface area (Å²) in [6.07, 6.45) is 2.43. The van der Waals surface area contributed by atoms with E-state index in [2.05, 4.69) is 18.7 Å². The molecule has 1 aliphatic heterocycles. The highest BCUT2D eigenvalue weighted by molar-refractivity contribution is 7.89. The molecular formula is C12H25ClN2O2S. The Morgan fingerprint density at radius 2 is 1.78 bits per heavy atom. The molecule has 1 fully saturated rings. The van der Waals surface area contributed by atoms with E-state index in [1.807, 2.05) is 0 Å². The van der Waals surface area contributed by atoms with Crippen LogP contribution in [0.3, 0.4) is 0 Å². The summed E-state index contributed by atoms with van der Waals surface area (Å²) < 4.78 is 25.7. The minimum atomic E-state index is -3.08. The fourth-order valence-electron chi connectivity index (χ4n) is 2.59. The Labute approximate surface area is 116 Å². The highest BCUT2D eigenvalue weighted by Gasteiger charge is 2.29. The molecule has 0 atom stereocenters. The third-order valence-electron chi connectivity index (χ3n) is 3.68. The number of piperidine rings is 1. The van der Waals surface area contributed by atoms with Gasteiger partial charge in [-0.2, -0.15) is 0 Å². The molecule has 0 saturated carbocycles. The first-order valence-corrected chi connectivity index (χ1v) is 8.97. The van der Waals surface area contributed by atoms with Crippen molar-refractivity contribution >= 4 is 21.6 Å². The van der Waals surface area contributed by atoms with Gasteiger partial charge in [0.05, 0.1) is 5.75 Å². The fraction of sp³-hybridized carbons (Fsp3) is 1.00. The SMILES string of the molecule is CCN(CC)C1CCN(S(=O)(=O)CCCCl)CC1. The standard InChI is InChI=1S/C12H25ClN2O2S/c1-3-14(4-2)12-6-9-15(10-7-12)18(16,17)11-5-8-13/h12H,3-11H2,1-2H3. The highest BCUT2D eigenvalue weighted by atomic mass is 35.5. The van der Waals surface area contributed by atoms with Crippen LogP contribution in [-0.2, 0) is 10.0 Å². The number of alkyl halides is 1. The summed E-state index contributed by atoms with van der Waals surface area (Å²) in [7, 11) is -3.08. The second-order valence-electron chi connectivity index (χ2n) is 4.71.